The fourth-order valence-electron chi connectivity index (χ4n) is 6.40. The summed E-state index contributed by atoms with van der Waals surface area (Å²) in [6, 6.07) is 66.0. The molecule has 0 bridgehead atoms. The quantitative estimate of drug-likeness (QED) is 0.135. The van der Waals surface area contributed by atoms with Crippen molar-refractivity contribution >= 4 is 32.3 Å². The topological polar surface area (TPSA) is 80.9 Å². The van der Waals surface area contributed by atoms with Gasteiger partial charge in [0.2, 0.25) is 0 Å². The zero-order valence-electron chi connectivity index (χ0n) is 33.4. The highest BCUT2D eigenvalue weighted by atomic mass is 16.2. The Labute approximate surface area is 328 Å². The maximum Gasteiger partial charge on any atom is 0.0319 e. The van der Waals surface area contributed by atoms with Crippen molar-refractivity contribution in [1.29, 1.82) is 0 Å². The molecule has 0 saturated carbocycles. The molecule has 0 aliphatic heterocycles. The summed E-state index contributed by atoms with van der Waals surface area (Å²) in [5, 5.41) is 35.9. The van der Waals surface area contributed by atoms with Crippen molar-refractivity contribution in [3.05, 3.63) is 205 Å². The van der Waals surface area contributed by atoms with E-state index < -0.39 is 0 Å². The Hall–Kier alpha value is -5.62. The van der Waals surface area contributed by atoms with E-state index in [1.54, 1.807) is 0 Å². The molecule has 0 radical (unpaired) electrons. The summed E-state index contributed by atoms with van der Waals surface area (Å²) < 4.78 is 0. The van der Waals surface area contributed by atoms with E-state index >= 15 is 0 Å². The molecule has 1 aliphatic carbocycles. The van der Waals surface area contributed by atoms with Gasteiger partial charge in [0.15, 0.2) is 0 Å². The summed E-state index contributed by atoms with van der Waals surface area (Å²) in [5.41, 5.74) is 7.27. The first-order chi connectivity index (χ1) is 27.0. The molecule has 0 aromatic heterocycles. The van der Waals surface area contributed by atoms with Gasteiger partial charge in [-0.3, -0.25) is 0 Å². The largest absolute Gasteiger partial charge is 0.400 e. The van der Waals surface area contributed by atoms with Crippen LogP contribution in [0.1, 0.15) is 37.5 Å². The van der Waals surface area contributed by atoms with Gasteiger partial charge in [-0.05, 0) is 66.6 Å². The fraction of sp³-hybridized carbons (Fsp3) is 0.176. The predicted molar refractivity (Wildman–Crippen MR) is 238 cm³/mol. The van der Waals surface area contributed by atoms with Crippen LogP contribution in [0.5, 0.6) is 0 Å². The van der Waals surface area contributed by atoms with E-state index in [-0.39, 0.29) is 5.41 Å². The number of benzene rings is 8. The van der Waals surface area contributed by atoms with E-state index in [0.29, 0.717) is 0 Å². The third-order valence-corrected chi connectivity index (χ3v) is 9.03. The molecule has 0 spiro atoms. The van der Waals surface area contributed by atoms with E-state index in [9.17, 15) is 0 Å². The molecule has 8 aromatic rings. The van der Waals surface area contributed by atoms with Gasteiger partial charge in [0.25, 0.3) is 0 Å². The molecule has 4 heteroatoms. The number of aliphatic hydroxyl groups excluding tert-OH is 4. The van der Waals surface area contributed by atoms with Gasteiger partial charge in [0, 0.05) is 33.9 Å². The van der Waals surface area contributed by atoms with Crippen molar-refractivity contribution < 1.29 is 20.4 Å². The summed E-state index contributed by atoms with van der Waals surface area (Å²) >= 11 is 0. The Bertz CT molecular complexity index is 1990. The highest BCUT2D eigenvalue weighted by Gasteiger charge is 2.34. The SMILES string of the molecule is CC1(C)c2ccccc2-c2ccccc21.CCc1ccc2ccccc2c1.CO.CO.CO.CO.c1ccc2ccccc2c1.c1ccc2ccccc2c1. The van der Waals surface area contributed by atoms with E-state index in [2.05, 4.69) is 209 Å². The molecular weight excluding hydrogens is 677 g/mol. The average Bonchev–Trinajstić information content (AvgIpc) is 3.53. The van der Waals surface area contributed by atoms with Gasteiger partial charge < -0.3 is 20.4 Å². The second kappa shape index (κ2) is 25.4. The average molecular weight is 735 g/mol. The number of fused-ring (bicyclic) bond motifs is 6. The van der Waals surface area contributed by atoms with Gasteiger partial charge in [-0.25, -0.2) is 0 Å². The van der Waals surface area contributed by atoms with Gasteiger partial charge in [-0.2, -0.15) is 0 Å². The molecule has 0 saturated heterocycles. The van der Waals surface area contributed by atoms with Crippen molar-refractivity contribution in [2.24, 2.45) is 0 Å². The predicted octanol–water partition coefficient (Wildman–Crippen LogP) is 11.5. The molecule has 0 unspecified atom stereocenters. The molecule has 4 N–H and O–H groups in total. The molecule has 4 nitrogen and oxygen atoms in total. The molecule has 0 atom stereocenters. The molecule has 286 valence electrons. The van der Waals surface area contributed by atoms with Crippen molar-refractivity contribution in [1.82, 2.24) is 0 Å². The third kappa shape index (κ3) is 12.7. The Morgan fingerprint density at radius 3 is 0.891 bits per heavy atom. The van der Waals surface area contributed by atoms with E-state index in [4.69, 9.17) is 20.4 Å². The van der Waals surface area contributed by atoms with Crippen molar-refractivity contribution in [3.63, 3.8) is 0 Å². The smallest absolute Gasteiger partial charge is 0.0319 e. The van der Waals surface area contributed by atoms with Crippen molar-refractivity contribution in [2.45, 2.75) is 32.6 Å². The molecule has 9 rings (SSSR count). The summed E-state index contributed by atoms with van der Waals surface area (Å²) in [4.78, 5) is 0. The Kier molecular flexibility index (Phi) is 21.0. The minimum absolute atomic E-state index is 0.160. The lowest BCUT2D eigenvalue weighted by Gasteiger charge is -2.20. The van der Waals surface area contributed by atoms with Crippen LogP contribution in [0.25, 0.3) is 43.4 Å². The number of aryl methyl sites for hydroxylation is 1. The van der Waals surface area contributed by atoms with Crippen LogP contribution in [-0.4, -0.2) is 48.9 Å². The third-order valence-electron chi connectivity index (χ3n) is 9.03. The van der Waals surface area contributed by atoms with Crippen LogP contribution in [-0.2, 0) is 11.8 Å². The zero-order valence-corrected chi connectivity index (χ0v) is 33.4. The number of aliphatic hydroxyl groups is 4. The lowest BCUT2D eigenvalue weighted by Crippen LogP contribution is -2.14. The summed E-state index contributed by atoms with van der Waals surface area (Å²) in [6.45, 7) is 6.79. The van der Waals surface area contributed by atoms with Crippen LogP contribution in [0, 0.1) is 0 Å². The van der Waals surface area contributed by atoms with E-state index in [1.165, 1.54) is 60.1 Å². The van der Waals surface area contributed by atoms with E-state index in [0.717, 1.165) is 34.9 Å². The second-order valence-corrected chi connectivity index (χ2v) is 12.4. The van der Waals surface area contributed by atoms with Crippen LogP contribution < -0.4 is 0 Å². The summed E-state index contributed by atoms with van der Waals surface area (Å²) in [7, 11) is 4.00. The first-order valence-electron chi connectivity index (χ1n) is 18.4. The molecule has 1 aliphatic rings. The van der Waals surface area contributed by atoms with Crippen LogP contribution in [0.3, 0.4) is 0 Å². The normalized spacial score (nSPS) is 10.7. The van der Waals surface area contributed by atoms with Gasteiger partial charge in [0.1, 0.15) is 0 Å². The highest BCUT2D eigenvalue weighted by Crippen LogP contribution is 2.48. The van der Waals surface area contributed by atoms with Crippen LogP contribution in [0.4, 0.5) is 0 Å². The minimum atomic E-state index is 0.160. The van der Waals surface area contributed by atoms with E-state index in [1.807, 2.05) is 0 Å². The highest BCUT2D eigenvalue weighted by molar-refractivity contribution is 5.84. The zero-order chi connectivity index (χ0) is 40.5. The number of hydrogen-bond acceptors (Lipinski definition) is 4. The van der Waals surface area contributed by atoms with Crippen molar-refractivity contribution in [2.75, 3.05) is 28.4 Å². The molecular formula is C51H58O4. The first-order valence-corrected chi connectivity index (χ1v) is 18.4. The standard InChI is InChI=1S/C15H14.C12H12.2C10H8.4CH4O/c1-15(2)13-9-5-3-7-11(13)12-8-4-6-10-14(12)15;1-2-10-7-8-11-5-3-4-6-12(11)9-10;2*1-2-6-10-8-4-3-7-9(10)5-1;4*1-2/h3-10H,1-2H3;3-9H,2H2,1H3;2*1-8H;4*2H,1H3. The second-order valence-electron chi connectivity index (χ2n) is 12.4. The van der Waals surface area contributed by atoms with Crippen LogP contribution >= 0.6 is 0 Å². The van der Waals surface area contributed by atoms with Gasteiger partial charge in [-0.15, -0.1) is 0 Å². The Balaban J connectivity index is 0.000000241. The molecule has 55 heavy (non-hydrogen) atoms. The van der Waals surface area contributed by atoms with Gasteiger partial charge >= 0.3 is 0 Å². The van der Waals surface area contributed by atoms with Gasteiger partial charge in [0.05, 0.1) is 0 Å². The lowest BCUT2D eigenvalue weighted by atomic mass is 9.82. The monoisotopic (exact) mass is 734 g/mol. The van der Waals surface area contributed by atoms with Crippen molar-refractivity contribution in [3.8, 4) is 11.1 Å². The first kappa shape index (κ1) is 45.5. The van der Waals surface area contributed by atoms with Crippen LogP contribution in [0.2, 0.25) is 0 Å². The Morgan fingerprint density at radius 1 is 0.327 bits per heavy atom. The Morgan fingerprint density at radius 2 is 0.582 bits per heavy atom. The van der Waals surface area contributed by atoms with Crippen LogP contribution in [0.15, 0.2) is 188 Å². The number of hydrogen-bond donors (Lipinski definition) is 4. The maximum absolute atomic E-state index is 7.00. The summed E-state index contributed by atoms with van der Waals surface area (Å²) in [5.74, 6) is 0. The molecule has 0 fully saturated rings. The summed E-state index contributed by atoms with van der Waals surface area (Å²) in [6.07, 6.45) is 1.12. The molecule has 0 amide bonds. The fourth-order valence-corrected chi connectivity index (χ4v) is 6.40. The molecule has 8 aromatic carbocycles. The maximum atomic E-state index is 7.00. The minimum Gasteiger partial charge on any atom is -0.400 e. The lowest BCUT2D eigenvalue weighted by molar-refractivity contribution is 0.399. The molecule has 0 heterocycles. The van der Waals surface area contributed by atoms with Gasteiger partial charge in [-0.1, -0.05) is 209 Å². The number of rotatable bonds is 1.